The number of H-pyrrole nitrogens is 2. The Morgan fingerprint density at radius 1 is 0.621 bits per heavy atom. The molecule has 4 aromatic rings. The number of nitrogens with zero attached hydrogens (tertiary/aromatic N) is 4. The average molecular weight is 907 g/mol. The van der Waals surface area contributed by atoms with Crippen molar-refractivity contribution in [2.75, 3.05) is 40.6 Å². The van der Waals surface area contributed by atoms with E-state index in [-0.39, 0.29) is 47.8 Å². The number of carbonyl (C=O) groups is 4. The van der Waals surface area contributed by atoms with Crippen LogP contribution in [0.15, 0.2) is 36.7 Å². The molecule has 0 spiro atoms. The van der Waals surface area contributed by atoms with E-state index in [0.717, 1.165) is 82.0 Å². The monoisotopic (exact) mass is 906 g/mol. The van der Waals surface area contributed by atoms with Crippen LogP contribution >= 0.6 is 0 Å². The molecule has 2 aromatic heterocycles. The second-order valence-electron chi connectivity index (χ2n) is 18.5. The Morgan fingerprint density at radius 2 is 1.03 bits per heavy atom. The number of alkyl carbamates (subject to hydrolysis) is 2. The molecule has 4 N–H and O–H groups in total. The third-order valence-corrected chi connectivity index (χ3v) is 14.6. The molecule has 66 heavy (non-hydrogen) atoms. The van der Waals surface area contributed by atoms with E-state index < -0.39 is 24.3 Å². The van der Waals surface area contributed by atoms with Gasteiger partial charge >= 0.3 is 12.2 Å². The van der Waals surface area contributed by atoms with Gasteiger partial charge < -0.3 is 58.8 Å². The summed E-state index contributed by atoms with van der Waals surface area (Å²) in [5.41, 5.74) is 7.37. The molecule has 4 fully saturated rings. The third-order valence-electron chi connectivity index (χ3n) is 14.6. The summed E-state index contributed by atoms with van der Waals surface area (Å²) < 4.78 is 34.0. The zero-order valence-electron chi connectivity index (χ0n) is 37.9. The predicted molar refractivity (Wildman–Crippen MR) is 238 cm³/mol. The lowest BCUT2D eigenvalue weighted by atomic mass is 9.87. The van der Waals surface area contributed by atoms with Gasteiger partial charge in [0.05, 0.1) is 50.1 Å². The van der Waals surface area contributed by atoms with Crippen molar-refractivity contribution in [3.8, 4) is 45.1 Å². The molecule has 350 valence electrons. The van der Waals surface area contributed by atoms with Crippen molar-refractivity contribution >= 4 is 24.0 Å². The van der Waals surface area contributed by atoms with Crippen LogP contribution in [0, 0.1) is 11.8 Å². The number of aromatic amines is 2. The van der Waals surface area contributed by atoms with E-state index in [0.29, 0.717) is 77.0 Å². The number of rotatable bonds is 10. The van der Waals surface area contributed by atoms with Crippen molar-refractivity contribution in [3.63, 3.8) is 0 Å². The number of ether oxygens (including phenoxy) is 6. The van der Waals surface area contributed by atoms with Gasteiger partial charge in [0.15, 0.2) is 0 Å². The van der Waals surface area contributed by atoms with Crippen LogP contribution < -0.4 is 20.1 Å². The van der Waals surface area contributed by atoms with E-state index in [9.17, 15) is 19.2 Å². The Bertz CT molecular complexity index is 2270. The minimum absolute atomic E-state index is 0.0441. The molecule has 18 nitrogen and oxygen atoms in total. The second-order valence-corrected chi connectivity index (χ2v) is 18.5. The first kappa shape index (κ1) is 43.7. The summed E-state index contributed by atoms with van der Waals surface area (Å²) in [5, 5.41) is 5.68. The van der Waals surface area contributed by atoms with E-state index in [1.807, 2.05) is 35.8 Å². The van der Waals surface area contributed by atoms with Gasteiger partial charge in [-0.1, -0.05) is 0 Å². The molecule has 0 radical (unpaired) electrons. The molecule has 0 bridgehead atoms. The van der Waals surface area contributed by atoms with Crippen molar-refractivity contribution in [1.29, 1.82) is 0 Å². The normalized spacial score (nSPS) is 23.6. The van der Waals surface area contributed by atoms with Crippen LogP contribution in [-0.4, -0.2) is 119 Å². The molecule has 0 aliphatic carbocycles. The van der Waals surface area contributed by atoms with Crippen molar-refractivity contribution in [1.82, 2.24) is 40.4 Å². The molecule has 6 aliphatic rings. The minimum atomic E-state index is -0.728. The summed E-state index contributed by atoms with van der Waals surface area (Å²) in [6.45, 7) is 6.91. The molecule has 6 atom stereocenters. The molecule has 10 rings (SSSR count). The number of hydrogen-bond acceptors (Lipinski definition) is 12. The average Bonchev–Trinajstić information content (AvgIpc) is 4.19. The summed E-state index contributed by atoms with van der Waals surface area (Å²) >= 11 is 0. The number of imidazole rings is 2. The highest BCUT2D eigenvalue weighted by atomic mass is 16.5. The lowest BCUT2D eigenvalue weighted by Gasteiger charge is -2.36. The number of hydrogen-bond donors (Lipinski definition) is 4. The standard InChI is InChI=1S/C48H58N8O10/c1-25-5-7-35(55(25)45(57)41(53-47(59)61-3)27-9-13-63-14-10-27)43-49-21-33(51-43)29-17-31-23-66-38-20-30(18-32-24-65-37(19-29)39(31)40(32)38)34-22-50-44(52-34)36-8-6-26(2)56(36)46(58)42(54-48(60)62-4)28-11-15-64-16-12-28/h17-22,25-28,35-36,41-42H,5-16,23-24H2,1-4H3,(H,49,51)(H,50,52)(H,53,59)(H,54,60)/t25-,26-,35-,36-,41-,42-/m0/s1. The number of nitrogens with one attached hydrogen (secondary N) is 4. The minimum Gasteiger partial charge on any atom is -0.488 e. The van der Waals surface area contributed by atoms with Crippen LogP contribution in [0.4, 0.5) is 9.59 Å². The SMILES string of the molecule is COC(=O)N[C@H](C(=O)N1[C@@H](C)CC[C@H]1c1ncc(-c2cc3c4c(c2)OCc2cc(-c5cnc([C@@H]6CC[C@H](C)N6C(=O)[C@@H](NC(=O)OC)C6CCOCC6)[nH]5)cc(c2-4)OC3)[nH]1)C1CCOCC1. The number of likely N-dealkylation sites (tertiary alicyclic amines) is 2. The Labute approximate surface area is 382 Å². The zero-order chi connectivity index (χ0) is 45.6. The molecule has 6 aliphatic heterocycles. The second kappa shape index (κ2) is 18.3. The Kier molecular flexibility index (Phi) is 12.1. The summed E-state index contributed by atoms with van der Waals surface area (Å²) in [6, 6.07) is 6.16. The van der Waals surface area contributed by atoms with Crippen LogP contribution in [-0.2, 0) is 41.8 Å². The molecule has 18 heteroatoms. The van der Waals surface area contributed by atoms with Crippen LogP contribution in [0.3, 0.4) is 0 Å². The highest BCUT2D eigenvalue weighted by Gasteiger charge is 2.45. The maximum absolute atomic E-state index is 14.3. The fraction of sp³-hybridized carbons (Fsp3) is 0.542. The van der Waals surface area contributed by atoms with E-state index in [1.165, 1.54) is 14.2 Å². The number of benzene rings is 2. The van der Waals surface area contributed by atoms with Gasteiger partial charge in [0.25, 0.3) is 0 Å². The lowest BCUT2D eigenvalue weighted by Crippen LogP contribution is -2.54. The summed E-state index contributed by atoms with van der Waals surface area (Å²) in [6.07, 6.45) is 8.12. The highest BCUT2D eigenvalue weighted by molar-refractivity contribution is 5.89. The van der Waals surface area contributed by atoms with Gasteiger partial charge in [0.1, 0.15) is 48.4 Å². The summed E-state index contributed by atoms with van der Waals surface area (Å²) in [5.74, 6) is 2.49. The van der Waals surface area contributed by atoms with Gasteiger partial charge in [-0.3, -0.25) is 9.59 Å². The first-order valence-electron chi connectivity index (χ1n) is 23.3. The smallest absolute Gasteiger partial charge is 0.407 e. The molecule has 2 aromatic carbocycles. The summed E-state index contributed by atoms with van der Waals surface area (Å²) in [4.78, 5) is 74.0. The van der Waals surface area contributed by atoms with E-state index in [2.05, 4.69) is 32.7 Å². The topological polar surface area (TPSA) is 212 Å². The number of methoxy groups -OCH3 is 2. The molecular weight excluding hydrogens is 849 g/mol. The maximum Gasteiger partial charge on any atom is 0.407 e. The van der Waals surface area contributed by atoms with Gasteiger partial charge in [-0.25, -0.2) is 19.6 Å². The molecule has 0 unspecified atom stereocenters. The quantitative estimate of drug-likeness (QED) is 0.138. The molecular formula is C48H58N8O10. The van der Waals surface area contributed by atoms with E-state index >= 15 is 0 Å². The Morgan fingerprint density at radius 3 is 1.42 bits per heavy atom. The van der Waals surface area contributed by atoms with Crippen molar-refractivity contribution in [3.05, 3.63) is 59.4 Å². The van der Waals surface area contributed by atoms with Crippen molar-refractivity contribution in [2.45, 2.75) is 115 Å². The number of amides is 4. The molecule has 8 heterocycles. The maximum atomic E-state index is 14.3. The third kappa shape index (κ3) is 8.11. The zero-order valence-corrected chi connectivity index (χ0v) is 37.9. The van der Waals surface area contributed by atoms with E-state index in [1.54, 1.807) is 12.4 Å². The van der Waals surface area contributed by atoms with Gasteiger partial charge in [0.2, 0.25) is 11.8 Å². The molecule has 4 amide bonds. The fourth-order valence-corrected chi connectivity index (χ4v) is 11.1. The molecule has 0 saturated carbocycles. The Hall–Kier alpha value is -6.14. The van der Waals surface area contributed by atoms with Crippen LogP contribution in [0.2, 0.25) is 0 Å². The highest BCUT2D eigenvalue weighted by Crippen LogP contribution is 2.51. The van der Waals surface area contributed by atoms with Gasteiger partial charge in [-0.2, -0.15) is 0 Å². The largest absolute Gasteiger partial charge is 0.488 e. The van der Waals surface area contributed by atoms with Crippen LogP contribution in [0.25, 0.3) is 33.6 Å². The van der Waals surface area contributed by atoms with Crippen LogP contribution in [0.1, 0.15) is 100 Å². The fourth-order valence-electron chi connectivity index (χ4n) is 11.1. The van der Waals surface area contributed by atoms with Crippen LogP contribution in [0.5, 0.6) is 11.5 Å². The van der Waals surface area contributed by atoms with Crippen molar-refractivity contribution in [2.24, 2.45) is 11.8 Å². The van der Waals surface area contributed by atoms with Gasteiger partial charge in [-0.15, -0.1) is 0 Å². The lowest BCUT2D eigenvalue weighted by molar-refractivity contribution is -0.139. The predicted octanol–water partition coefficient (Wildman–Crippen LogP) is 6.33. The number of aromatic nitrogens is 4. The van der Waals surface area contributed by atoms with Gasteiger partial charge in [-0.05, 0) is 101 Å². The first-order valence-corrected chi connectivity index (χ1v) is 23.3. The molecule has 4 saturated heterocycles. The first-order chi connectivity index (χ1) is 32.1. The Balaban J connectivity index is 0.878. The van der Waals surface area contributed by atoms with Crippen molar-refractivity contribution < 1.29 is 47.6 Å². The number of carbonyl (C=O) groups excluding carboxylic acids is 4. The summed E-state index contributed by atoms with van der Waals surface area (Å²) in [7, 11) is 2.61. The van der Waals surface area contributed by atoms with E-state index in [4.69, 9.17) is 38.4 Å². The van der Waals surface area contributed by atoms with Gasteiger partial charge in [0, 0.05) is 71.9 Å².